The molecule has 0 fully saturated rings. The minimum Gasteiger partial charge on any atom is -0.250 e. The molecule has 1 aliphatic rings. The SMILES string of the molecule is C1=C[C@H](Sc2ccccn2)CCC1. The van der Waals surface area contributed by atoms with E-state index in [0.717, 1.165) is 5.03 Å². The van der Waals surface area contributed by atoms with Crippen LogP contribution in [0.4, 0.5) is 0 Å². The molecule has 1 aliphatic carbocycles. The molecule has 0 N–H and O–H groups in total. The summed E-state index contributed by atoms with van der Waals surface area (Å²) in [6.45, 7) is 0. The lowest BCUT2D eigenvalue weighted by Gasteiger charge is -2.14. The molecule has 1 aromatic heterocycles. The standard InChI is InChI=1S/C11H13NS/c1-2-6-10(7-3-1)13-11-8-4-5-9-12-11/h2,4-6,8-10H,1,3,7H2/t10-/m0/s1. The molecule has 0 unspecified atom stereocenters. The molecule has 0 aromatic carbocycles. The van der Waals surface area contributed by atoms with E-state index in [1.807, 2.05) is 30.1 Å². The van der Waals surface area contributed by atoms with Crippen molar-refractivity contribution in [3.8, 4) is 0 Å². The van der Waals surface area contributed by atoms with Gasteiger partial charge in [0, 0.05) is 11.4 Å². The van der Waals surface area contributed by atoms with Crippen LogP contribution in [0.1, 0.15) is 19.3 Å². The van der Waals surface area contributed by atoms with Gasteiger partial charge in [-0.1, -0.05) is 30.0 Å². The van der Waals surface area contributed by atoms with Gasteiger partial charge < -0.3 is 0 Å². The van der Waals surface area contributed by atoms with Gasteiger partial charge in [-0.2, -0.15) is 0 Å². The van der Waals surface area contributed by atoms with Crippen LogP contribution in [0.5, 0.6) is 0 Å². The summed E-state index contributed by atoms with van der Waals surface area (Å²) in [7, 11) is 0. The Labute approximate surface area is 83.3 Å². The van der Waals surface area contributed by atoms with Crippen molar-refractivity contribution in [2.75, 3.05) is 0 Å². The highest BCUT2D eigenvalue weighted by molar-refractivity contribution is 8.00. The molecular weight excluding hydrogens is 178 g/mol. The van der Waals surface area contributed by atoms with Crippen LogP contribution in [0.3, 0.4) is 0 Å². The van der Waals surface area contributed by atoms with Gasteiger partial charge in [0.2, 0.25) is 0 Å². The Kier molecular flexibility index (Phi) is 3.03. The van der Waals surface area contributed by atoms with Gasteiger partial charge in [-0.25, -0.2) is 4.98 Å². The van der Waals surface area contributed by atoms with Crippen molar-refractivity contribution in [1.29, 1.82) is 0 Å². The maximum atomic E-state index is 4.30. The van der Waals surface area contributed by atoms with Gasteiger partial charge in [0.1, 0.15) is 0 Å². The Bertz CT molecular complexity index is 281. The average Bonchev–Trinajstić information content (AvgIpc) is 2.21. The molecule has 2 rings (SSSR count). The van der Waals surface area contributed by atoms with E-state index in [1.54, 1.807) is 0 Å². The average molecular weight is 191 g/mol. The quantitative estimate of drug-likeness (QED) is 0.665. The first-order chi connectivity index (χ1) is 6.45. The third-order valence-electron chi connectivity index (χ3n) is 2.12. The number of aromatic nitrogens is 1. The minimum absolute atomic E-state index is 0.642. The van der Waals surface area contributed by atoms with E-state index in [2.05, 4.69) is 23.2 Å². The van der Waals surface area contributed by atoms with Crippen molar-refractivity contribution in [3.05, 3.63) is 36.5 Å². The lowest BCUT2D eigenvalue weighted by molar-refractivity contribution is 0.740. The summed E-state index contributed by atoms with van der Waals surface area (Å²) >= 11 is 1.87. The summed E-state index contributed by atoms with van der Waals surface area (Å²) in [5.74, 6) is 0. The van der Waals surface area contributed by atoms with Crippen LogP contribution in [0, 0.1) is 0 Å². The predicted molar refractivity (Wildman–Crippen MR) is 56.9 cm³/mol. The van der Waals surface area contributed by atoms with E-state index < -0.39 is 0 Å². The second-order valence-corrected chi connectivity index (χ2v) is 4.44. The molecule has 0 saturated heterocycles. The fourth-order valence-corrected chi connectivity index (χ4v) is 2.51. The number of hydrogen-bond acceptors (Lipinski definition) is 2. The van der Waals surface area contributed by atoms with Gasteiger partial charge >= 0.3 is 0 Å². The zero-order valence-corrected chi connectivity index (χ0v) is 8.33. The smallest absolute Gasteiger partial charge is 0.0965 e. The predicted octanol–water partition coefficient (Wildman–Crippen LogP) is 3.28. The second-order valence-electron chi connectivity index (χ2n) is 3.18. The molecule has 2 heteroatoms. The summed E-state index contributed by atoms with van der Waals surface area (Å²) < 4.78 is 0. The molecule has 0 amide bonds. The molecule has 0 saturated carbocycles. The number of rotatable bonds is 2. The largest absolute Gasteiger partial charge is 0.250 e. The van der Waals surface area contributed by atoms with Crippen LogP contribution in [0.25, 0.3) is 0 Å². The van der Waals surface area contributed by atoms with E-state index in [-0.39, 0.29) is 0 Å². The fraction of sp³-hybridized carbons (Fsp3) is 0.364. The lowest BCUT2D eigenvalue weighted by Crippen LogP contribution is -2.02. The first kappa shape index (κ1) is 8.82. The van der Waals surface area contributed by atoms with Crippen LogP contribution in [-0.2, 0) is 0 Å². The zero-order valence-electron chi connectivity index (χ0n) is 7.52. The maximum absolute atomic E-state index is 4.30. The number of thioether (sulfide) groups is 1. The summed E-state index contributed by atoms with van der Waals surface area (Å²) in [6.07, 6.45) is 10.3. The summed E-state index contributed by atoms with van der Waals surface area (Å²) in [5, 5.41) is 1.78. The van der Waals surface area contributed by atoms with E-state index >= 15 is 0 Å². The van der Waals surface area contributed by atoms with Crippen molar-refractivity contribution in [1.82, 2.24) is 4.98 Å². The molecule has 13 heavy (non-hydrogen) atoms. The van der Waals surface area contributed by atoms with Gasteiger partial charge in [-0.15, -0.1) is 0 Å². The number of allylic oxidation sites excluding steroid dienone is 1. The van der Waals surface area contributed by atoms with Crippen molar-refractivity contribution < 1.29 is 0 Å². The van der Waals surface area contributed by atoms with Crippen molar-refractivity contribution >= 4 is 11.8 Å². The van der Waals surface area contributed by atoms with Gasteiger partial charge in [0.05, 0.1) is 5.03 Å². The van der Waals surface area contributed by atoms with E-state index in [4.69, 9.17) is 0 Å². The maximum Gasteiger partial charge on any atom is 0.0965 e. The Morgan fingerprint density at radius 3 is 3.08 bits per heavy atom. The molecule has 1 aromatic rings. The lowest BCUT2D eigenvalue weighted by atomic mass is 10.1. The molecule has 0 radical (unpaired) electrons. The van der Waals surface area contributed by atoms with Gasteiger partial charge in [0.15, 0.2) is 0 Å². The molecule has 1 heterocycles. The Morgan fingerprint density at radius 2 is 2.38 bits per heavy atom. The first-order valence-corrected chi connectivity index (χ1v) is 5.57. The van der Waals surface area contributed by atoms with E-state index in [9.17, 15) is 0 Å². The first-order valence-electron chi connectivity index (χ1n) is 4.69. The topological polar surface area (TPSA) is 12.9 Å². The molecule has 1 atom stereocenters. The third-order valence-corrected chi connectivity index (χ3v) is 3.30. The Balaban J connectivity index is 1.98. The molecular formula is C11H13NS. The van der Waals surface area contributed by atoms with Crippen molar-refractivity contribution in [2.45, 2.75) is 29.5 Å². The molecule has 0 spiro atoms. The van der Waals surface area contributed by atoms with Crippen molar-refractivity contribution in [2.24, 2.45) is 0 Å². The highest BCUT2D eigenvalue weighted by atomic mass is 32.2. The third kappa shape index (κ3) is 2.59. The van der Waals surface area contributed by atoms with Crippen LogP contribution >= 0.6 is 11.8 Å². The normalized spacial score (nSPS) is 21.7. The highest BCUT2D eigenvalue weighted by Gasteiger charge is 2.09. The number of pyridine rings is 1. The van der Waals surface area contributed by atoms with Crippen LogP contribution in [0.15, 0.2) is 41.6 Å². The second kappa shape index (κ2) is 4.47. The highest BCUT2D eigenvalue weighted by Crippen LogP contribution is 2.28. The Morgan fingerprint density at radius 1 is 1.38 bits per heavy atom. The van der Waals surface area contributed by atoms with E-state index in [0.29, 0.717) is 5.25 Å². The number of hydrogen-bond donors (Lipinski definition) is 0. The summed E-state index contributed by atoms with van der Waals surface area (Å²) in [5.41, 5.74) is 0. The number of nitrogens with zero attached hydrogens (tertiary/aromatic N) is 1. The van der Waals surface area contributed by atoms with Crippen LogP contribution in [0.2, 0.25) is 0 Å². The van der Waals surface area contributed by atoms with Crippen LogP contribution < -0.4 is 0 Å². The molecule has 0 aliphatic heterocycles. The Hall–Kier alpha value is -0.760. The zero-order chi connectivity index (χ0) is 8.93. The minimum atomic E-state index is 0.642. The van der Waals surface area contributed by atoms with Crippen molar-refractivity contribution in [3.63, 3.8) is 0 Å². The summed E-state index contributed by atoms with van der Waals surface area (Å²) in [4.78, 5) is 4.30. The van der Waals surface area contributed by atoms with E-state index in [1.165, 1.54) is 19.3 Å². The molecule has 1 nitrogen and oxygen atoms in total. The van der Waals surface area contributed by atoms with Crippen LogP contribution in [-0.4, -0.2) is 10.2 Å². The molecule has 0 bridgehead atoms. The van der Waals surface area contributed by atoms with Gasteiger partial charge in [-0.05, 0) is 31.4 Å². The summed E-state index contributed by atoms with van der Waals surface area (Å²) in [6, 6.07) is 6.08. The van der Waals surface area contributed by atoms with Gasteiger partial charge in [-0.3, -0.25) is 0 Å². The fourth-order valence-electron chi connectivity index (χ4n) is 1.45. The molecule has 68 valence electrons. The monoisotopic (exact) mass is 191 g/mol. The van der Waals surface area contributed by atoms with Gasteiger partial charge in [0.25, 0.3) is 0 Å².